The van der Waals surface area contributed by atoms with E-state index < -0.39 is 0 Å². The largest absolute Gasteiger partial charge is 0.256 e. The topological polar surface area (TPSA) is 12.9 Å². The van der Waals surface area contributed by atoms with Crippen molar-refractivity contribution in [3.63, 3.8) is 0 Å². The van der Waals surface area contributed by atoms with Crippen LogP contribution < -0.4 is 0 Å². The summed E-state index contributed by atoms with van der Waals surface area (Å²) in [6.45, 7) is 6.40. The van der Waals surface area contributed by atoms with Crippen LogP contribution >= 0.6 is 0 Å². The third-order valence-corrected chi connectivity index (χ3v) is 2.89. The Balaban J connectivity index is 2.42. The summed E-state index contributed by atoms with van der Waals surface area (Å²) >= 11 is 0. The van der Waals surface area contributed by atoms with Crippen molar-refractivity contribution in [2.75, 3.05) is 0 Å². The van der Waals surface area contributed by atoms with Gasteiger partial charge in [-0.2, -0.15) is 0 Å². The second-order valence-electron chi connectivity index (χ2n) is 4.22. The number of hydrogen-bond donors (Lipinski definition) is 0. The maximum Gasteiger partial charge on any atom is 0.0704 e. The minimum Gasteiger partial charge on any atom is -0.256 e. The van der Waals surface area contributed by atoms with E-state index in [1.54, 1.807) is 0 Å². The average Bonchev–Trinajstić information content (AvgIpc) is 2.29. The predicted molar refractivity (Wildman–Crippen MR) is 68.5 cm³/mol. The first-order valence-corrected chi connectivity index (χ1v) is 5.73. The fourth-order valence-corrected chi connectivity index (χ4v) is 1.89. The molecule has 0 radical (unpaired) electrons. The first-order valence-electron chi connectivity index (χ1n) is 5.73. The van der Waals surface area contributed by atoms with Gasteiger partial charge >= 0.3 is 0 Å². The molecule has 1 aromatic carbocycles. The molecule has 16 heavy (non-hydrogen) atoms. The Bertz CT molecular complexity index is 483. The SMILES string of the molecule is CCc1ccc(-c2ccc(C)cc2C)nc1. The van der Waals surface area contributed by atoms with E-state index in [-0.39, 0.29) is 0 Å². The van der Waals surface area contributed by atoms with Gasteiger partial charge in [-0.05, 0) is 37.5 Å². The second-order valence-corrected chi connectivity index (χ2v) is 4.22. The summed E-state index contributed by atoms with van der Waals surface area (Å²) in [7, 11) is 0. The number of aromatic nitrogens is 1. The molecule has 1 heterocycles. The van der Waals surface area contributed by atoms with Crippen LogP contribution in [0.1, 0.15) is 23.6 Å². The summed E-state index contributed by atoms with van der Waals surface area (Å²) in [6, 6.07) is 10.7. The van der Waals surface area contributed by atoms with Crippen molar-refractivity contribution in [1.29, 1.82) is 0 Å². The predicted octanol–water partition coefficient (Wildman–Crippen LogP) is 3.93. The standard InChI is InChI=1S/C15H17N/c1-4-13-6-8-15(16-10-13)14-7-5-11(2)9-12(14)3/h5-10H,4H2,1-3H3. The Morgan fingerprint density at radius 1 is 1.06 bits per heavy atom. The van der Waals surface area contributed by atoms with Crippen LogP contribution in [0.3, 0.4) is 0 Å². The monoisotopic (exact) mass is 211 g/mol. The van der Waals surface area contributed by atoms with E-state index in [1.165, 1.54) is 22.3 Å². The molecule has 1 aromatic heterocycles. The van der Waals surface area contributed by atoms with Crippen LogP contribution in [-0.4, -0.2) is 4.98 Å². The van der Waals surface area contributed by atoms with Gasteiger partial charge < -0.3 is 0 Å². The summed E-state index contributed by atoms with van der Waals surface area (Å²) in [4.78, 5) is 4.51. The highest BCUT2D eigenvalue weighted by Gasteiger charge is 2.02. The van der Waals surface area contributed by atoms with Gasteiger partial charge in [-0.1, -0.05) is 36.8 Å². The third kappa shape index (κ3) is 2.13. The lowest BCUT2D eigenvalue weighted by molar-refractivity contribution is 1.10. The Morgan fingerprint density at radius 3 is 2.44 bits per heavy atom. The van der Waals surface area contributed by atoms with Gasteiger partial charge in [-0.15, -0.1) is 0 Å². The molecule has 0 fully saturated rings. The summed E-state index contributed by atoms with van der Waals surface area (Å²) in [5.74, 6) is 0. The van der Waals surface area contributed by atoms with Gasteiger partial charge in [0.15, 0.2) is 0 Å². The van der Waals surface area contributed by atoms with Crippen molar-refractivity contribution in [3.8, 4) is 11.3 Å². The van der Waals surface area contributed by atoms with Gasteiger partial charge in [0, 0.05) is 11.8 Å². The number of nitrogens with zero attached hydrogens (tertiary/aromatic N) is 1. The molecule has 0 saturated heterocycles. The van der Waals surface area contributed by atoms with Gasteiger partial charge in [-0.25, -0.2) is 0 Å². The van der Waals surface area contributed by atoms with Crippen LogP contribution in [0.25, 0.3) is 11.3 Å². The van der Waals surface area contributed by atoms with Crippen LogP contribution in [0.2, 0.25) is 0 Å². The van der Waals surface area contributed by atoms with Crippen LogP contribution in [0.4, 0.5) is 0 Å². The number of rotatable bonds is 2. The van der Waals surface area contributed by atoms with Crippen LogP contribution in [0.15, 0.2) is 36.5 Å². The van der Waals surface area contributed by atoms with Crippen molar-refractivity contribution in [3.05, 3.63) is 53.2 Å². The first kappa shape index (κ1) is 10.9. The van der Waals surface area contributed by atoms with Crippen molar-refractivity contribution >= 4 is 0 Å². The summed E-state index contributed by atoms with van der Waals surface area (Å²) in [5, 5.41) is 0. The minimum absolute atomic E-state index is 1.04. The number of pyridine rings is 1. The highest BCUT2D eigenvalue weighted by molar-refractivity contribution is 5.63. The van der Waals surface area contributed by atoms with E-state index in [4.69, 9.17) is 0 Å². The lowest BCUT2D eigenvalue weighted by atomic mass is 10.0. The fourth-order valence-electron chi connectivity index (χ4n) is 1.89. The second kappa shape index (κ2) is 4.48. The molecule has 1 heteroatoms. The molecule has 82 valence electrons. The van der Waals surface area contributed by atoms with Crippen molar-refractivity contribution in [2.45, 2.75) is 27.2 Å². The average molecular weight is 211 g/mol. The molecule has 0 bridgehead atoms. The summed E-state index contributed by atoms with van der Waals surface area (Å²) in [6.07, 6.45) is 3.01. The van der Waals surface area contributed by atoms with Crippen molar-refractivity contribution in [1.82, 2.24) is 4.98 Å². The molecule has 1 nitrogen and oxygen atoms in total. The van der Waals surface area contributed by atoms with E-state index in [1.807, 2.05) is 6.20 Å². The summed E-state index contributed by atoms with van der Waals surface area (Å²) in [5.41, 5.74) is 6.17. The molecule has 0 unspecified atom stereocenters. The molecule has 0 aliphatic rings. The molecular weight excluding hydrogens is 194 g/mol. The fraction of sp³-hybridized carbons (Fsp3) is 0.267. The third-order valence-electron chi connectivity index (χ3n) is 2.89. The molecule has 0 atom stereocenters. The highest BCUT2D eigenvalue weighted by atomic mass is 14.7. The van der Waals surface area contributed by atoms with Crippen molar-refractivity contribution < 1.29 is 0 Å². The van der Waals surface area contributed by atoms with E-state index in [0.717, 1.165) is 12.1 Å². The number of aryl methyl sites for hydroxylation is 3. The van der Waals surface area contributed by atoms with Crippen LogP contribution in [0, 0.1) is 13.8 Å². The number of benzene rings is 1. The van der Waals surface area contributed by atoms with E-state index >= 15 is 0 Å². The minimum atomic E-state index is 1.04. The zero-order valence-corrected chi connectivity index (χ0v) is 10.1. The molecule has 2 aromatic rings. The van der Waals surface area contributed by atoms with E-state index in [9.17, 15) is 0 Å². The Labute approximate surface area is 97.2 Å². The van der Waals surface area contributed by atoms with Crippen LogP contribution in [-0.2, 0) is 6.42 Å². The van der Waals surface area contributed by atoms with Gasteiger partial charge in [0.1, 0.15) is 0 Å². The maximum atomic E-state index is 4.51. The van der Waals surface area contributed by atoms with Gasteiger partial charge in [0.25, 0.3) is 0 Å². The van der Waals surface area contributed by atoms with Gasteiger partial charge in [-0.3, -0.25) is 4.98 Å². The maximum absolute atomic E-state index is 4.51. The molecule has 0 N–H and O–H groups in total. The zero-order chi connectivity index (χ0) is 11.5. The normalized spacial score (nSPS) is 10.4. The molecule has 0 aliphatic carbocycles. The van der Waals surface area contributed by atoms with Gasteiger partial charge in [0.2, 0.25) is 0 Å². The Morgan fingerprint density at radius 2 is 1.88 bits per heavy atom. The van der Waals surface area contributed by atoms with E-state index in [0.29, 0.717) is 0 Å². The number of hydrogen-bond acceptors (Lipinski definition) is 1. The molecule has 0 amide bonds. The first-order chi connectivity index (χ1) is 7.70. The van der Waals surface area contributed by atoms with Crippen molar-refractivity contribution in [2.24, 2.45) is 0 Å². The zero-order valence-electron chi connectivity index (χ0n) is 10.1. The van der Waals surface area contributed by atoms with Gasteiger partial charge in [0.05, 0.1) is 5.69 Å². The molecule has 0 spiro atoms. The highest BCUT2D eigenvalue weighted by Crippen LogP contribution is 2.22. The molecular formula is C15H17N. The Kier molecular flexibility index (Phi) is 3.04. The van der Waals surface area contributed by atoms with Crippen LogP contribution in [0.5, 0.6) is 0 Å². The summed E-state index contributed by atoms with van der Waals surface area (Å²) < 4.78 is 0. The Hall–Kier alpha value is -1.63. The quantitative estimate of drug-likeness (QED) is 0.733. The lowest BCUT2D eigenvalue weighted by Gasteiger charge is -2.06. The van der Waals surface area contributed by atoms with E-state index in [2.05, 4.69) is 56.1 Å². The molecule has 0 aliphatic heterocycles. The smallest absolute Gasteiger partial charge is 0.0704 e. The lowest BCUT2D eigenvalue weighted by Crippen LogP contribution is -1.89. The molecule has 2 rings (SSSR count). The molecule has 0 saturated carbocycles.